The van der Waals surface area contributed by atoms with E-state index in [4.69, 9.17) is 4.74 Å². The largest absolute Gasteiger partial charge is 0.496 e. The van der Waals surface area contributed by atoms with E-state index in [0.29, 0.717) is 5.92 Å². The lowest BCUT2D eigenvalue weighted by Gasteiger charge is -2.25. The van der Waals surface area contributed by atoms with Crippen LogP contribution in [0.5, 0.6) is 5.75 Å². The second kappa shape index (κ2) is 6.95. The van der Waals surface area contributed by atoms with Crippen molar-refractivity contribution in [1.29, 1.82) is 0 Å². The Morgan fingerprint density at radius 3 is 2.68 bits per heavy atom. The molecule has 1 aliphatic rings. The van der Waals surface area contributed by atoms with Gasteiger partial charge >= 0.3 is 0 Å². The molecule has 0 aliphatic heterocycles. The SMILES string of the molecule is CCNCC(c1ccc(C)c(OC)c1)C1CCCC1. The quantitative estimate of drug-likeness (QED) is 0.839. The molecule has 19 heavy (non-hydrogen) atoms. The third kappa shape index (κ3) is 3.50. The third-order valence-corrected chi connectivity index (χ3v) is 4.44. The van der Waals surface area contributed by atoms with E-state index >= 15 is 0 Å². The highest BCUT2D eigenvalue weighted by atomic mass is 16.5. The van der Waals surface area contributed by atoms with Crippen LogP contribution in [-0.4, -0.2) is 20.2 Å². The highest BCUT2D eigenvalue weighted by molar-refractivity contribution is 5.38. The fourth-order valence-electron chi connectivity index (χ4n) is 3.28. The number of ether oxygens (including phenoxy) is 1. The minimum absolute atomic E-state index is 0.636. The molecule has 1 saturated carbocycles. The summed E-state index contributed by atoms with van der Waals surface area (Å²) in [6, 6.07) is 6.73. The Hall–Kier alpha value is -1.02. The zero-order chi connectivity index (χ0) is 13.7. The van der Waals surface area contributed by atoms with Gasteiger partial charge < -0.3 is 10.1 Å². The normalized spacial score (nSPS) is 17.6. The zero-order valence-corrected chi connectivity index (χ0v) is 12.5. The molecule has 2 nitrogen and oxygen atoms in total. The monoisotopic (exact) mass is 261 g/mol. The molecule has 1 fully saturated rings. The number of nitrogens with one attached hydrogen (secondary N) is 1. The number of hydrogen-bond acceptors (Lipinski definition) is 2. The Morgan fingerprint density at radius 2 is 2.05 bits per heavy atom. The maximum atomic E-state index is 5.48. The van der Waals surface area contributed by atoms with Crippen LogP contribution < -0.4 is 10.1 Å². The van der Waals surface area contributed by atoms with Crippen molar-refractivity contribution in [2.75, 3.05) is 20.2 Å². The van der Waals surface area contributed by atoms with Crippen molar-refractivity contribution in [3.8, 4) is 5.75 Å². The summed E-state index contributed by atoms with van der Waals surface area (Å²) in [5.41, 5.74) is 2.66. The number of rotatable bonds is 6. The van der Waals surface area contributed by atoms with Gasteiger partial charge in [-0.2, -0.15) is 0 Å². The van der Waals surface area contributed by atoms with Gasteiger partial charge in [-0.25, -0.2) is 0 Å². The van der Waals surface area contributed by atoms with Crippen LogP contribution in [0.2, 0.25) is 0 Å². The second-order valence-corrected chi connectivity index (χ2v) is 5.69. The Bertz CT molecular complexity index is 396. The molecule has 0 heterocycles. The van der Waals surface area contributed by atoms with Crippen molar-refractivity contribution in [1.82, 2.24) is 5.32 Å². The van der Waals surface area contributed by atoms with Crippen molar-refractivity contribution in [2.24, 2.45) is 5.92 Å². The van der Waals surface area contributed by atoms with E-state index < -0.39 is 0 Å². The van der Waals surface area contributed by atoms with Gasteiger partial charge in [0.05, 0.1) is 7.11 Å². The van der Waals surface area contributed by atoms with Crippen molar-refractivity contribution in [2.45, 2.75) is 45.4 Å². The molecule has 1 N–H and O–H groups in total. The molecule has 0 bridgehead atoms. The fourth-order valence-corrected chi connectivity index (χ4v) is 3.28. The number of aryl methyl sites for hydroxylation is 1. The predicted molar refractivity (Wildman–Crippen MR) is 81.0 cm³/mol. The first kappa shape index (κ1) is 14.4. The number of likely N-dealkylation sites (N-methyl/N-ethyl adjacent to an activating group) is 1. The van der Waals surface area contributed by atoms with E-state index in [2.05, 4.69) is 37.4 Å². The Kier molecular flexibility index (Phi) is 5.26. The van der Waals surface area contributed by atoms with Gasteiger partial charge in [0.25, 0.3) is 0 Å². The summed E-state index contributed by atoms with van der Waals surface area (Å²) in [5, 5.41) is 3.54. The molecule has 0 saturated heterocycles. The summed E-state index contributed by atoms with van der Waals surface area (Å²) in [4.78, 5) is 0. The fraction of sp³-hybridized carbons (Fsp3) is 0.647. The van der Waals surface area contributed by atoms with E-state index in [1.807, 2.05) is 0 Å². The Balaban J connectivity index is 2.20. The van der Waals surface area contributed by atoms with Gasteiger partial charge in [0, 0.05) is 6.54 Å². The lowest BCUT2D eigenvalue weighted by Crippen LogP contribution is -2.25. The lowest BCUT2D eigenvalue weighted by molar-refractivity contribution is 0.399. The van der Waals surface area contributed by atoms with Crippen LogP contribution in [0.1, 0.15) is 49.7 Å². The first-order chi connectivity index (χ1) is 9.26. The van der Waals surface area contributed by atoms with Crippen molar-refractivity contribution in [3.63, 3.8) is 0 Å². The first-order valence-electron chi connectivity index (χ1n) is 7.61. The highest BCUT2D eigenvalue weighted by Gasteiger charge is 2.26. The molecule has 1 aromatic rings. The van der Waals surface area contributed by atoms with E-state index in [0.717, 1.165) is 24.8 Å². The van der Waals surface area contributed by atoms with E-state index in [1.54, 1.807) is 7.11 Å². The minimum atomic E-state index is 0.636. The summed E-state index contributed by atoms with van der Waals surface area (Å²) in [6.45, 7) is 6.43. The molecule has 1 atom stereocenters. The summed E-state index contributed by atoms with van der Waals surface area (Å²) in [6.07, 6.45) is 5.56. The predicted octanol–water partition coefficient (Wildman–Crippen LogP) is 3.89. The molecule has 0 amide bonds. The van der Waals surface area contributed by atoms with E-state index in [1.165, 1.54) is 36.8 Å². The number of hydrogen-bond donors (Lipinski definition) is 1. The minimum Gasteiger partial charge on any atom is -0.496 e. The van der Waals surface area contributed by atoms with Gasteiger partial charge in [-0.3, -0.25) is 0 Å². The van der Waals surface area contributed by atoms with Crippen LogP contribution in [0.3, 0.4) is 0 Å². The lowest BCUT2D eigenvalue weighted by atomic mass is 9.84. The molecule has 1 aromatic carbocycles. The molecular formula is C17H27NO. The van der Waals surface area contributed by atoms with Crippen LogP contribution in [0.25, 0.3) is 0 Å². The maximum Gasteiger partial charge on any atom is 0.122 e. The zero-order valence-electron chi connectivity index (χ0n) is 12.5. The van der Waals surface area contributed by atoms with Gasteiger partial charge in [-0.05, 0) is 55.3 Å². The van der Waals surface area contributed by atoms with Gasteiger partial charge in [0.2, 0.25) is 0 Å². The van der Waals surface area contributed by atoms with Crippen LogP contribution in [-0.2, 0) is 0 Å². The summed E-state index contributed by atoms with van der Waals surface area (Å²) in [5.74, 6) is 2.50. The van der Waals surface area contributed by atoms with Crippen molar-refractivity contribution < 1.29 is 4.74 Å². The second-order valence-electron chi connectivity index (χ2n) is 5.69. The standard InChI is InChI=1S/C17H27NO/c1-4-18-12-16(14-7-5-6-8-14)15-10-9-13(2)17(11-15)19-3/h9-11,14,16,18H,4-8,12H2,1-3H3. The van der Waals surface area contributed by atoms with Crippen LogP contribution in [0, 0.1) is 12.8 Å². The summed E-state index contributed by atoms with van der Waals surface area (Å²) >= 11 is 0. The van der Waals surface area contributed by atoms with E-state index in [9.17, 15) is 0 Å². The van der Waals surface area contributed by atoms with Crippen LogP contribution >= 0.6 is 0 Å². The molecular weight excluding hydrogens is 234 g/mol. The van der Waals surface area contributed by atoms with Gasteiger partial charge in [-0.15, -0.1) is 0 Å². The van der Waals surface area contributed by atoms with Gasteiger partial charge in [0.15, 0.2) is 0 Å². The molecule has 0 radical (unpaired) electrons. The van der Waals surface area contributed by atoms with Crippen LogP contribution in [0.15, 0.2) is 18.2 Å². The van der Waals surface area contributed by atoms with E-state index in [-0.39, 0.29) is 0 Å². The number of benzene rings is 1. The average molecular weight is 261 g/mol. The summed E-state index contributed by atoms with van der Waals surface area (Å²) in [7, 11) is 1.76. The van der Waals surface area contributed by atoms with Gasteiger partial charge in [-0.1, -0.05) is 31.9 Å². The topological polar surface area (TPSA) is 21.3 Å². The molecule has 2 rings (SSSR count). The Morgan fingerprint density at radius 1 is 1.32 bits per heavy atom. The summed E-state index contributed by atoms with van der Waals surface area (Å²) < 4.78 is 5.48. The average Bonchev–Trinajstić information content (AvgIpc) is 2.95. The third-order valence-electron chi connectivity index (χ3n) is 4.44. The van der Waals surface area contributed by atoms with Gasteiger partial charge in [0.1, 0.15) is 5.75 Å². The molecule has 106 valence electrons. The first-order valence-corrected chi connectivity index (χ1v) is 7.61. The molecule has 2 heteroatoms. The number of methoxy groups -OCH3 is 1. The molecule has 0 spiro atoms. The van der Waals surface area contributed by atoms with Crippen molar-refractivity contribution in [3.05, 3.63) is 29.3 Å². The van der Waals surface area contributed by atoms with Crippen molar-refractivity contribution >= 4 is 0 Å². The Labute approximate surface area is 117 Å². The smallest absolute Gasteiger partial charge is 0.122 e. The molecule has 1 unspecified atom stereocenters. The molecule has 1 aliphatic carbocycles. The highest BCUT2D eigenvalue weighted by Crippen LogP contribution is 2.38. The molecule has 0 aromatic heterocycles. The van der Waals surface area contributed by atoms with Crippen LogP contribution in [0.4, 0.5) is 0 Å². The maximum absolute atomic E-state index is 5.48.